The van der Waals surface area contributed by atoms with Crippen molar-refractivity contribution in [1.82, 2.24) is 4.90 Å². The number of rotatable bonds is 2. The van der Waals surface area contributed by atoms with Gasteiger partial charge in [0.2, 0.25) is 0 Å². The lowest BCUT2D eigenvalue weighted by atomic mass is 9.94. The number of fused-ring (bicyclic) bond motifs is 1. The van der Waals surface area contributed by atoms with E-state index in [0.29, 0.717) is 19.0 Å². The Bertz CT molecular complexity index is 457. The molecule has 2 aliphatic rings. The second-order valence-electron chi connectivity index (χ2n) is 5.71. The van der Waals surface area contributed by atoms with E-state index in [4.69, 9.17) is 0 Å². The number of nitrogens with zero attached hydrogens (tertiary/aromatic N) is 1. The average molecular weight is 292 g/mol. The van der Waals surface area contributed by atoms with Crippen molar-refractivity contribution in [3.05, 3.63) is 35.4 Å². The molecule has 0 spiro atoms. The smallest absolute Gasteiger partial charge is 0.294 e. The van der Waals surface area contributed by atoms with Crippen molar-refractivity contribution in [2.75, 3.05) is 19.6 Å². The van der Waals surface area contributed by atoms with Gasteiger partial charge in [0.15, 0.2) is 0 Å². The van der Waals surface area contributed by atoms with Gasteiger partial charge in [-0.3, -0.25) is 4.90 Å². The molecule has 106 valence electrons. The number of benzene rings is 1. The van der Waals surface area contributed by atoms with Crippen molar-refractivity contribution in [3.63, 3.8) is 0 Å². The predicted octanol–water partition coefficient (Wildman–Crippen LogP) is 3.55. The van der Waals surface area contributed by atoms with E-state index in [9.17, 15) is 13.2 Å². The molecule has 1 aliphatic carbocycles. The minimum Gasteiger partial charge on any atom is -0.294 e. The van der Waals surface area contributed by atoms with Crippen LogP contribution in [0, 0.1) is 12.8 Å². The molecule has 0 radical (unpaired) electrons. The van der Waals surface area contributed by atoms with Crippen molar-refractivity contribution in [1.29, 1.82) is 0 Å². The standard InChI is InChI=1S/C14H16F3N.ClH/c1-10-2-4-11(5-3-10)13-6-12(13)7-18(8-13)9-14(15,16)17;/h2-5,12H,6-9H2,1H3;1H. The fourth-order valence-corrected chi connectivity index (χ4v) is 3.29. The molecular formula is C14H17ClF3N. The molecule has 1 saturated heterocycles. The third-order valence-corrected chi connectivity index (χ3v) is 4.25. The molecule has 1 saturated carbocycles. The number of piperidine rings is 1. The first kappa shape index (κ1) is 14.7. The molecule has 0 bridgehead atoms. The van der Waals surface area contributed by atoms with Crippen molar-refractivity contribution < 1.29 is 13.2 Å². The van der Waals surface area contributed by atoms with Crippen LogP contribution in [0.1, 0.15) is 17.5 Å². The van der Waals surface area contributed by atoms with Gasteiger partial charge in [0.25, 0.3) is 0 Å². The maximum absolute atomic E-state index is 12.4. The molecule has 2 atom stereocenters. The predicted molar refractivity (Wildman–Crippen MR) is 70.7 cm³/mol. The zero-order chi connectivity index (χ0) is 13.0. The maximum atomic E-state index is 12.4. The van der Waals surface area contributed by atoms with E-state index in [0.717, 1.165) is 6.42 Å². The molecule has 2 fully saturated rings. The minimum atomic E-state index is -4.08. The van der Waals surface area contributed by atoms with E-state index in [1.54, 1.807) is 4.90 Å². The van der Waals surface area contributed by atoms with Crippen molar-refractivity contribution >= 4 is 12.4 Å². The molecule has 0 N–H and O–H groups in total. The fraction of sp³-hybridized carbons (Fsp3) is 0.571. The monoisotopic (exact) mass is 291 g/mol. The normalized spacial score (nSPS) is 29.8. The third kappa shape index (κ3) is 2.75. The van der Waals surface area contributed by atoms with Crippen LogP contribution in [-0.2, 0) is 5.41 Å². The van der Waals surface area contributed by atoms with Crippen LogP contribution in [0.25, 0.3) is 0 Å². The number of halogens is 4. The van der Waals surface area contributed by atoms with Crippen molar-refractivity contribution in [3.8, 4) is 0 Å². The summed E-state index contributed by atoms with van der Waals surface area (Å²) in [7, 11) is 0. The Balaban J connectivity index is 0.00000133. The summed E-state index contributed by atoms with van der Waals surface area (Å²) in [5, 5.41) is 0. The topological polar surface area (TPSA) is 3.24 Å². The molecule has 1 aromatic carbocycles. The van der Waals surface area contributed by atoms with Gasteiger partial charge in [0.05, 0.1) is 6.54 Å². The van der Waals surface area contributed by atoms with Gasteiger partial charge in [-0.1, -0.05) is 29.8 Å². The van der Waals surface area contributed by atoms with E-state index in [2.05, 4.69) is 12.1 Å². The molecule has 1 aromatic rings. The van der Waals surface area contributed by atoms with Crippen molar-refractivity contribution in [2.45, 2.75) is 24.9 Å². The van der Waals surface area contributed by atoms with Gasteiger partial charge in [-0.15, -0.1) is 12.4 Å². The van der Waals surface area contributed by atoms with Crippen LogP contribution in [0.3, 0.4) is 0 Å². The highest BCUT2D eigenvalue weighted by Crippen LogP contribution is 2.59. The second kappa shape index (κ2) is 4.67. The summed E-state index contributed by atoms with van der Waals surface area (Å²) in [5.74, 6) is 0.419. The summed E-state index contributed by atoms with van der Waals surface area (Å²) in [6.07, 6.45) is -3.03. The largest absolute Gasteiger partial charge is 0.401 e. The first-order chi connectivity index (χ1) is 8.39. The number of hydrogen-bond donors (Lipinski definition) is 0. The molecule has 0 aromatic heterocycles. The molecule has 2 unspecified atom stereocenters. The zero-order valence-corrected chi connectivity index (χ0v) is 11.5. The molecule has 19 heavy (non-hydrogen) atoms. The van der Waals surface area contributed by atoms with E-state index < -0.39 is 12.7 Å². The van der Waals surface area contributed by atoms with Crippen LogP contribution in [0.5, 0.6) is 0 Å². The van der Waals surface area contributed by atoms with Gasteiger partial charge < -0.3 is 0 Å². The summed E-state index contributed by atoms with van der Waals surface area (Å²) >= 11 is 0. The fourth-order valence-electron chi connectivity index (χ4n) is 3.29. The Morgan fingerprint density at radius 2 is 1.89 bits per heavy atom. The van der Waals surface area contributed by atoms with Crippen LogP contribution in [0.2, 0.25) is 0 Å². The number of aryl methyl sites for hydroxylation is 1. The Morgan fingerprint density at radius 3 is 2.47 bits per heavy atom. The Kier molecular flexibility index (Phi) is 3.60. The lowest BCUT2D eigenvalue weighted by molar-refractivity contribution is -0.144. The van der Waals surface area contributed by atoms with E-state index in [1.807, 2.05) is 19.1 Å². The van der Waals surface area contributed by atoms with Crippen LogP contribution >= 0.6 is 12.4 Å². The first-order valence-electron chi connectivity index (χ1n) is 6.25. The van der Waals surface area contributed by atoms with Gasteiger partial charge in [-0.2, -0.15) is 13.2 Å². The molecule has 1 aliphatic heterocycles. The van der Waals surface area contributed by atoms with Gasteiger partial charge >= 0.3 is 6.18 Å². The first-order valence-corrected chi connectivity index (χ1v) is 6.25. The number of likely N-dealkylation sites (tertiary alicyclic amines) is 1. The Hall–Kier alpha value is -0.740. The maximum Gasteiger partial charge on any atom is 0.401 e. The Labute approximate surface area is 117 Å². The summed E-state index contributed by atoms with van der Waals surface area (Å²) in [6.45, 7) is 2.40. The summed E-state index contributed by atoms with van der Waals surface area (Å²) in [4.78, 5) is 1.55. The molecule has 0 amide bonds. The highest BCUT2D eigenvalue weighted by molar-refractivity contribution is 5.85. The summed E-state index contributed by atoms with van der Waals surface area (Å²) < 4.78 is 37.2. The lowest BCUT2D eigenvalue weighted by Gasteiger charge is -2.22. The zero-order valence-electron chi connectivity index (χ0n) is 10.7. The summed E-state index contributed by atoms with van der Waals surface area (Å²) in [5.41, 5.74) is 2.42. The Morgan fingerprint density at radius 1 is 1.26 bits per heavy atom. The lowest BCUT2D eigenvalue weighted by Crippen LogP contribution is -2.35. The number of hydrogen-bond acceptors (Lipinski definition) is 1. The highest BCUT2D eigenvalue weighted by Gasteiger charge is 2.61. The number of alkyl halides is 3. The minimum absolute atomic E-state index is 0. The molecule has 3 rings (SSSR count). The van der Waals surface area contributed by atoms with Gasteiger partial charge in [0.1, 0.15) is 0 Å². The third-order valence-electron chi connectivity index (χ3n) is 4.25. The van der Waals surface area contributed by atoms with E-state index >= 15 is 0 Å². The summed E-state index contributed by atoms with van der Waals surface area (Å²) in [6, 6.07) is 8.25. The molecule has 1 nitrogen and oxygen atoms in total. The van der Waals surface area contributed by atoms with Crippen LogP contribution in [0.15, 0.2) is 24.3 Å². The highest BCUT2D eigenvalue weighted by atomic mass is 35.5. The van der Waals surface area contributed by atoms with E-state index in [-0.39, 0.29) is 17.8 Å². The SMILES string of the molecule is Cc1ccc(C23CC2CN(CC(F)(F)F)C3)cc1.Cl. The average Bonchev–Trinajstić information content (AvgIpc) is 2.81. The van der Waals surface area contributed by atoms with Gasteiger partial charge in [-0.25, -0.2) is 0 Å². The van der Waals surface area contributed by atoms with Gasteiger partial charge in [-0.05, 0) is 24.8 Å². The molecule has 1 heterocycles. The quantitative estimate of drug-likeness (QED) is 0.805. The van der Waals surface area contributed by atoms with Gasteiger partial charge in [0, 0.05) is 18.5 Å². The van der Waals surface area contributed by atoms with Crippen LogP contribution in [0.4, 0.5) is 13.2 Å². The molecule has 5 heteroatoms. The van der Waals surface area contributed by atoms with Crippen LogP contribution < -0.4 is 0 Å². The van der Waals surface area contributed by atoms with Crippen LogP contribution in [-0.4, -0.2) is 30.7 Å². The van der Waals surface area contributed by atoms with Crippen molar-refractivity contribution in [2.24, 2.45) is 5.92 Å². The molecular weight excluding hydrogens is 275 g/mol. The van der Waals surface area contributed by atoms with E-state index in [1.165, 1.54) is 11.1 Å². The second-order valence-corrected chi connectivity index (χ2v) is 5.71.